The molecule has 0 aliphatic carbocycles. The Bertz CT molecular complexity index is 885. The molecule has 2 N–H and O–H groups in total. The van der Waals surface area contributed by atoms with Gasteiger partial charge in [-0.2, -0.15) is 0 Å². The molecule has 1 aromatic carbocycles. The Balaban J connectivity index is 2.00. The first kappa shape index (κ1) is 16.9. The molecule has 0 unspecified atom stereocenters. The third-order valence-corrected chi connectivity index (χ3v) is 5.11. The third-order valence-electron chi connectivity index (χ3n) is 4.06. The van der Waals surface area contributed by atoms with Crippen molar-refractivity contribution >= 4 is 37.6 Å². The summed E-state index contributed by atoms with van der Waals surface area (Å²) in [5.74, 6) is 0.437. The summed E-state index contributed by atoms with van der Waals surface area (Å²) in [6.07, 6.45) is 3.56. The lowest BCUT2D eigenvalue weighted by Crippen LogP contribution is -2.25. The van der Waals surface area contributed by atoms with E-state index in [1.807, 2.05) is 16.7 Å². The van der Waals surface area contributed by atoms with Crippen molar-refractivity contribution < 1.29 is 5.11 Å². The zero-order valence-corrected chi connectivity index (χ0v) is 14.7. The Kier molecular flexibility index (Phi) is 5.48. The zero-order chi connectivity index (χ0) is 16.9. The molecule has 0 fully saturated rings. The Morgan fingerprint density at radius 2 is 2.08 bits per heavy atom. The highest BCUT2D eigenvalue weighted by molar-refractivity contribution is 7.25. The van der Waals surface area contributed by atoms with Crippen molar-refractivity contribution in [3.63, 3.8) is 0 Å². The van der Waals surface area contributed by atoms with E-state index in [1.54, 1.807) is 11.3 Å². The van der Waals surface area contributed by atoms with Crippen LogP contribution in [0, 0.1) is 0 Å². The van der Waals surface area contributed by atoms with Crippen LogP contribution in [-0.2, 0) is 6.54 Å². The van der Waals surface area contributed by atoms with Crippen LogP contribution in [0.4, 0.5) is 5.82 Å². The predicted octanol–water partition coefficient (Wildman–Crippen LogP) is 3.60. The van der Waals surface area contributed by atoms with Crippen LogP contribution in [0.15, 0.2) is 29.1 Å². The highest BCUT2D eigenvalue weighted by atomic mass is 32.1. The molecule has 6 heteroatoms. The van der Waals surface area contributed by atoms with Crippen LogP contribution in [0.3, 0.4) is 0 Å². The van der Waals surface area contributed by atoms with Gasteiger partial charge in [0.05, 0.1) is 5.52 Å². The lowest BCUT2D eigenvalue weighted by molar-refractivity contribution is 0.283. The van der Waals surface area contributed by atoms with Crippen LogP contribution in [0.2, 0.25) is 0 Å². The minimum Gasteiger partial charge on any atom is -0.396 e. The Morgan fingerprint density at radius 1 is 1.25 bits per heavy atom. The Hall–Kier alpha value is -1.92. The van der Waals surface area contributed by atoms with E-state index in [4.69, 9.17) is 5.11 Å². The van der Waals surface area contributed by atoms with E-state index in [1.165, 1.54) is 0 Å². The van der Waals surface area contributed by atoms with E-state index in [0.717, 1.165) is 46.1 Å². The van der Waals surface area contributed by atoms with E-state index in [2.05, 4.69) is 29.4 Å². The molecule has 0 radical (unpaired) electrons. The quantitative estimate of drug-likeness (QED) is 0.612. The number of aryl methyl sites for hydroxylation is 1. The number of nitrogens with one attached hydrogen (secondary N) is 1. The number of aliphatic hydroxyl groups excluding tert-OH is 1. The number of hydrogen-bond donors (Lipinski definition) is 2. The normalized spacial score (nSPS) is 11.4. The van der Waals surface area contributed by atoms with Crippen LogP contribution < -0.4 is 10.9 Å². The minimum absolute atomic E-state index is 0.0462. The molecule has 2 aromatic heterocycles. The van der Waals surface area contributed by atoms with Crippen molar-refractivity contribution in [3.05, 3.63) is 34.6 Å². The molecule has 0 bridgehead atoms. The summed E-state index contributed by atoms with van der Waals surface area (Å²) in [7, 11) is 0. The van der Waals surface area contributed by atoms with Crippen molar-refractivity contribution in [1.29, 1.82) is 0 Å². The zero-order valence-electron chi connectivity index (χ0n) is 13.9. The van der Waals surface area contributed by atoms with Crippen LogP contribution in [0.5, 0.6) is 0 Å². The van der Waals surface area contributed by atoms with Gasteiger partial charge in [0.25, 0.3) is 5.56 Å². The van der Waals surface area contributed by atoms with Crippen LogP contribution in [0.25, 0.3) is 20.4 Å². The third kappa shape index (κ3) is 3.30. The van der Waals surface area contributed by atoms with Gasteiger partial charge >= 0.3 is 0 Å². The Labute approximate surface area is 145 Å². The largest absolute Gasteiger partial charge is 0.396 e. The first-order valence-electron chi connectivity index (χ1n) is 8.53. The van der Waals surface area contributed by atoms with Crippen molar-refractivity contribution in [2.75, 3.05) is 18.5 Å². The van der Waals surface area contributed by atoms with Gasteiger partial charge in [-0.05, 0) is 31.7 Å². The molecule has 0 saturated heterocycles. The molecule has 0 spiro atoms. The number of rotatable bonds is 8. The van der Waals surface area contributed by atoms with Gasteiger partial charge in [-0.25, -0.2) is 4.98 Å². The summed E-state index contributed by atoms with van der Waals surface area (Å²) in [6.45, 7) is 3.69. The lowest BCUT2D eigenvalue weighted by Gasteiger charge is -2.10. The number of benzene rings is 1. The van der Waals surface area contributed by atoms with Crippen LogP contribution >= 0.6 is 11.3 Å². The standard InChI is InChI=1S/C18H23N3O2S/c1-2-11-21-15-13-8-4-5-9-14(13)24-17(15)20-16(18(21)23)19-10-6-3-7-12-22/h4-5,8-9,22H,2-3,6-7,10-12H2,1H3,(H,19,20). The molecule has 24 heavy (non-hydrogen) atoms. The number of anilines is 1. The fourth-order valence-corrected chi connectivity index (χ4v) is 3.99. The SMILES string of the molecule is CCCn1c(=O)c(NCCCCCO)nc2sc3ccccc3c21. The maximum Gasteiger partial charge on any atom is 0.293 e. The summed E-state index contributed by atoms with van der Waals surface area (Å²) in [4.78, 5) is 18.3. The average molecular weight is 345 g/mol. The fraction of sp³-hybridized carbons (Fsp3) is 0.444. The molecule has 0 saturated carbocycles. The fourth-order valence-electron chi connectivity index (χ4n) is 2.91. The maximum atomic E-state index is 12.8. The van der Waals surface area contributed by atoms with E-state index in [0.29, 0.717) is 18.9 Å². The van der Waals surface area contributed by atoms with Gasteiger partial charge in [0.15, 0.2) is 5.82 Å². The highest BCUT2D eigenvalue weighted by Crippen LogP contribution is 2.32. The van der Waals surface area contributed by atoms with Crippen molar-refractivity contribution in [1.82, 2.24) is 9.55 Å². The predicted molar refractivity (Wildman–Crippen MR) is 101 cm³/mol. The summed E-state index contributed by atoms with van der Waals surface area (Å²) < 4.78 is 3.02. The molecule has 0 aliphatic rings. The minimum atomic E-state index is -0.0462. The van der Waals surface area contributed by atoms with E-state index < -0.39 is 0 Å². The van der Waals surface area contributed by atoms with Crippen molar-refractivity contribution in [2.24, 2.45) is 0 Å². The van der Waals surface area contributed by atoms with E-state index >= 15 is 0 Å². The topological polar surface area (TPSA) is 67.2 Å². The molecule has 0 aliphatic heterocycles. The van der Waals surface area contributed by atoms with Crippen LogP contribution in [0.1, 0.15) is 32.6 Å². The van der Waals surface area contributed by atoms with Crippen LogP contribution in [-0.4, -0.2) is 27.8 Å². The number of fused-ring (bicyclic) bond motifs is 3. The number of unbranched alkanes of at least 4 members (excludes halogenated alkanes) is 2. The van der Waals surface area contributed by atoms with Gasteiger partial charge in [-0.15, -0.1) is 11.3 Å². The first-order chi connectivity index (χ1) is 11.8. The molecule has 2 heterocycles. The second-order valence-electron chi connectivity index (χ2n) is 5.88. The second-order valence-corrected chi connectivity index (χ2v) is 6.91. The smallest absolute Gasteiger partial charge is 0.293 e. The lowest BCUT2D eigenvalue weighted by atomic mass is 10.2. The number of aliphatic hydroxyl groups is 1. The summed E-state index contributed by atoms with van der Waals surface area (Å²) in [5.41, 5.74) is 0.906. The molecular weight excluding hydrogens is 322 g/mol. The van der Waals surface area contributed by atoms with Gasteiger partial charge in [0.2, 0.25) is 0 Å². The number of nitrogens with zero attached hydrogens (tertiary/aromatic N) is 2. The molecule has 3 aromatic rings. The van der Waals surface area contributed by atoms with Gasteiger partial charge in [-0.3, -0.25) is 4.79 Å². The van der Waals surface area contributed by atoms with E-state index in [-0.39, 0.29) is 12.2 Å². The monoisotopic (exact) mass is 345 g/mol. The summed E-state index contributed by atoms with van der Waals surface area (Å²) in [6, 6.07) is 8.15. The summed E-state index contributed by atoms with van der Waals surface area (Å²) >= 11 is 1.63. The molecule has 128 valence electrons. The first-order valence-corrected chi connectivity index (χ1v) is 9.34. The van der Waals surface area contributed by atoms with Gasteiger partial charge in [-0.1, -0.05) is 25.1 Å². The molecular formula is C18H23N3O2S. The molecule has 0 amide bonds. The maximum absolute atomic E-state index is 12.8. The van der Waals surface area contributed by atoms with Crippen molar-refractivity contribution in [2.45, 2.75) is 39.2 Å². The number of aromatic nitrogens is 2. The Morgan fingerprint density at radius 3 is 2.88 bits per heavy atom. The number of hydrogen-bond acceptors (Lipinski definition) is 5. The highest BCUT2D eigenvalue weighted by Gasteiger charge is 2.15. The summed E-state index contributed by atoms with van der Waals surface area (Å²) in [5, 5.41) is 13.1. The average Bonchev–Trinajstić information content (AvgIpc) is 2.96. The van der Waals surface area contributed by atoms with Gasteiger partial charge < -0.3 is 15.0 Å². The van der Waals surface area contributed by atoms with Crippen molar-refractivity contribution in [3.8, 4) is 0 Å². The molecule has 0 atom stereocenters. The van der Waals surface area contributed by atoms with Gasteiger partial charge in [0, 0.05) is 29.8 Å². The van der Waals surface area contributed by atoms with Gasteiger partial charge in [0.1, 0.15) is 4.83 Å². The number of thiophene rings is 1. The molecule has 3 rings (SSSR count). The molecule has 5 nitrogen and oxygen atoms in total. The second kappa shape index (κ2) is 7.77. The van der Waals surface area contributed by atoms with E-state index in [9.17, 15) is 4.79 Å².